The van der Waals surface area contributed by atoms with Crippen molar-refractivity contribution in [1.29, 1.82) is 0 Å². The second kappa shape index (κ2) is 8.36. The van der Waals surface area contributed by atoms with E-state index < -0.39 is 5.41 Å². The maximum atomic E-state index is 11.4. The van der Waals surface area contributed by atoms with Gasteiger partial charge in [-0.05, 0) is 5.41 Å². The molecule has 5 nitrogen and oxygen atoms in total. The molecule has 0 saturated carbocycles. The molecule has 0 spiro atoms. The van der Waals surface area contributed by atoms with Crippen molar-refractivity contribution in [2.24, 2.45) is 5.41 Å². The fraction of sp³-hybridized carbons (Fsp3) is 0.818. The van der Waals surface area contributed by atoms with Gasteiger partial charge in [-0.3, -0.25) is 9.59 Å². The molecule has 0 aromatic carbocycles. The molecule has 0 saturated heterocycles. The highest BCUT2D eigenvalue weighted by molar-refractivity contribution is 7.80. The molecule has 0 radical (unpaired) electrons. The van der Waals surface area contributed by atoms with Gasteiger partial charge >= 0.3 is 0 Å². The highest BCUT2D eigenvalue weighted by Gasteiger charge is 2.20. The van der Waals surface area contributed by atoms with E-state index in [9.17, 15) is 9.59 Å². The van der Waals surface area contributed by atoms with Crippen molar-refractivity contribution in [3.63, 3.8) is 0 Å². The Hall–Kier alpha value is -0.750. The predicted molar refractivity (Wildman–Crippen MR) is 70.0 cm³/mol. The van der Waals surface area contributed by atoms with Crippen LogP contribution in [0.2, 0.25) is 0 Å². The fourth-order valence-corrected chi connectivity index (χ4v) is 1.26. The molecule has 17 heavy (non-hydrogen) atoms. The molecular weight excluding hydrogens is 240 g/mol. The van der Waals surface area contributed by atoms with Crippen molar-refractivity contribution in [3.05, 3.63) is 0 Å². The molecule has 0 aliphatic carbocycles. The summed E-state index contributed by atoms with van der Waals surface area (Å²) >= 11 is 3.97. The summed E-state index contributed by atoms with van der Waals surface area (Å²) in [5, 5.41) is 14.3. The SMILES string of the molecule is CC(C)(CO)CC(=O)NCCC(=O)NCCS. The first kappa shape index (κ1) is 16.2. The Bertz CT molecular complexity index is 257. The van der Waals surface area contributed by atoms with Gasteiger partial charge in [-0.25, -0.2) is 0 Å². The van der Waals surface area contributed by atoms with Gasteiger partial charge in [-0.1, -0.05) is 13.8 Å². The van der Waals surface area contributed by atoms with Crippen LogP contribution in [0.4, 0.5) is 0 Å². The van der Waals surface area contributed by atoms with Crippen molar-refractivity contribution in [1.82, 2.24) is 10.6 Å². The Morgan fingerprint density at radius 2 is 1.76 bits per heavy atom. The smallest absolute Gasteiger partial charge is 0.221 e. The van der Waals surface area contributed by atoms with E-state index in [2.05, 4.69) is 23.3 Å². The number of nitrogens with one attached hydrogen (secondary N) is 2. The number of carbonyl (C=O) groups excluding carboxylic acids is 2. The topological polar surface area (TPSA) is 78.4 Å². The molecule has 0 aliphatic heterocycles. The van der Waals surface area contributed by atoms with Crippen LogP contribution in [-0.2, 0) is 9.59 Å². The highest BCUT2D eigenvalue weighted by Crippen LogP contribution is 2.18. The fourth-order valence-electron chi connectivity index (χ4n) is 1.15. The standard InChI is InChI=1S/C11H22N2O3S/c1-11(2,8-14)7-10(16)12-4-3-9(15)13-5-6-17/h14,17H,3-8H2,1-2H3,(H,12,16)(H,13,15). The summed E-state index contributed by atoms with van der Waals surface area (Å²) < 4.78 is 0. The zero-order valence-electron chi connectivity index (χ0n) is 10.5. The van der Waals surface area contributed by atoms with E-state index in [1.54, 1.807) is 0 Å². The van der Waals surface area contributed by atoms with Crippen molar-refractivity contribution >= 4 is 24.4 Å². The zero-order chi connectivity index (χ0) is 13.3. The number of amides is 2. The van der Waals surface area contributed by atoms with Gasteiger partial charge < -0.3 is 15.7 Å². The third-order valence-electron chi connectivity index (χ3n) is 2.18. The lowest BCUT2D eigenvalue weighted by molar-refractivity contribution is -0.124. The minimum absolute atomic E-state index is 0.0388. The third kappa shape index (κ3) is 9.00. The predicted octanol–water partition coefficient (Wildman–Crippen LogP) is -0.0527. The van der Waals surface area contributed by atoms with Gasteiger partial charge in [0.15, 0.2) is 0 Å². The Morgan fingerprint density at radius 1 is 1.18 bits per heavy atom. The van der Waals surface area contributed by atoms with Crippen LogP contribution in [0.25, 0.3) is 0 Å². The van der Waals surface area contributed by atoms with Crippen LogP contribution in [0, 0.1) is 5.41 Å². The minimum atomic E-state index is -0.418. The summed E-state index contributed by atoms with van der Waals surface area (Å²) in [5.41, 5.74) is -0.418. The van der Waals surface area contributed by atoms with Crippen LogP contribution in [0.15, 0.2) is 0 Å². The van der Waals surface area contributed by atoms with E-state index in [1.165, 1.54) is 0 Å². The van der Waals surface area contributed by atoms with E-state index in [1.807, 2.05) is 13.8 Å². The molecule has 0 aromatic rings. The third-order valence-corrected chi connectivity index (χ3v) is 2.40. The lowest BCUT2D eigenvalue weighted by Crippen LogP contribution is -2.34. The number of aliphatic hydroxyl groups excluding tert-OH is 1. The Morgan fingerprint density at radius 3 is 2.29 bits per heavy atom. The number of hydrogen-bond donors (Lipinski definition) is 4. The molecule has 0 fully saturated rings. The normalized spacial score (nSPS) is 11.1. The molecule has 3 N–H and O–H groups in total. The Labute approximate surface area is 108 Å². The summed E-state index contributed by atoms with van der Waals surface area (Å²) in [5.74, 6) is 0.356. The molecule has 0 atom stereocenters. The first-order valence-electron chi connectivity index (χ1n) is 5.66. The highest BCUT2D eigenvalue weighted by atomic mass is 32.1. The maximum absolute atomic E-state index is 11.4. The molecule has 2 amide bonds. The van der Waals surface area contributed by atoms with E-state index in [4.69, 9.17) is 5.11 Å². The van der Waals surface area contributed by atoms with E-state index in [-0.39, 0.29) is 31.3 Å². The molecule has 6 heteroatoms. The first-order valence-corrected chi connectivity index (χ1v) is 6.29. The van der Waals surface area contributed by atoms with E-state index in [0.29, 0.717) is 18.8 Å². The Balaban J connectivity index is 3.68. The van der Waals surface area contributed by atoms with Crippen LogP contribution >= 0.6 is 12.6 Å². The number of carbonyl (C=O) groups is 2. The van der Waals surface area contributed by atoms with Crippen LogP contribution in [0.3, 0.4) is 0 Å². The summed E-state index contributed by atoms with van der Waals surface area (Å²) in [6, 6.07) is 0. The van der Waals surface area contributed by atoms with Gasteiger partial charge in [-0.15, -0.1) is 0 Å². The van der Waals surface area contributed by atoms with Gasteiger partial charge in [0.2, 0.25) is 11.8 Å². The van der Waals surface area contributed by atoms with Crippen LogP contribution < -0.4 is 10.6 Å². The van der Waals surface area contributed by atoms with Gasteiger partial charge in [0.25, 0.3) is 0 Å². The maximum Gasteiger partial charge on any atom is 0.221 e. The molecule has 0 aliphatic rings. The quantitative estimate of drug-likeness (QED) is 0.463. The summed E-state index contributed by atoms with van der Waals surface area (Å²) in [7, 11) is 0. The second-order valence-electron chi connectivity index (χ2n) is 4.67. The summed E-state index contributed by atoms with van der Waals surface area (Å²) in [4.78, 5) is 22.6. The second-order valence-corrected chi connectivity index (χ2v) is 5.12. The van der Waals surface area contributed by atoms with Crippen molar-refractivity contribution in [3.8, 4) is 0 Å². The lowest BCUT2D eigenvalue weighted by Gasteiger charge is -2.20. The number of thiol groups is 1. The molecular formula is C11H22N2O3S. The minimum Gasteiger partial charge on any atom is -0.396 e. The van der Waals surface area contributed by atoms with Crippen LogP contribution in [-0.4, -0.2) is 42.4 Å². The first-order chi connectivity index (χ1) is 7.91. The van der Waals surface area contributed by atoms with Crippen LogP contribution in [0.1, 0.15) is 26.7 Å². The van der Waals surface area contributed by atoms with E-state index in [0.717, 1.165) is 0 Å². The molecule has 0 aromatic heterocycles. The van der Waals surface area contributed by atoms with Crippen LogP contribution in [0.5, 0.6) is 0 Å². The van der Waals surface area contributed by atoms with Gasteiger partial charge in [0.1, 0.15) is 0 Å². The zero-order valence-corrected chi connectivity index (χ0v) is 11.3. The molecule has 0 bridgehead atoms. The van der Waals surface area contributed by atoms with Crippen molar-refractivity contribution in [2.75, 3.05) is 25.4 Å². The van der Waals surface area contributed by atoms with Crippen molar-refractivity contribution in [2.45, 2.75) is 26.7 Å². The number of rotatable bonds is 8. The monoisotopic (exact) mass is 262 g/mol. The molecule has 100 valence electrons. The molecule has 0 unspecified atom stereocenters. The summed E-state index contributed by atoms with van der Waals surface area (Å²) in [6.45, 7) is 4.44. The summed E-state index contributed by atoms with van der Waals surface area (Å²) in [6.07, 6.45) is 0.515. The molecule has 0 heterocycles. The van der Waals surface area contributed by atoms with Gasteiger partial charge in [0.05, 0.1) is 0 Å². The van der Waals surface area contributed by atoms with Gasteiger partial charge in [0, 0.05) is 38.3 Å². The Kier molecular flexibility index (Phi) is 7.99. The van der Waals surface area contributed by atoms with E-state index >= 15 is 0 Å². The largest absolute Gasteiger partial charge is 0.396 e. The van der Waals surface area contributed by atoms with Crippen molar-refractivity contribution < 1.29 is 14.7 Å². The average molecular weight is 262 g/mol. The van der Waals surface area contributed by atoms with Gasteiger partial charge in [-0.2, -0.15) is 12.6 Å². The number of hydrogen-bond acceptors (Lipinski definition) is 4. The average Bonchev–Trinajstić information content (AvgIpc) is 2.25. The molecule has 0 rings (SSSR count). The number of aliphatic hydroxyl groups is 1. The lowest BCUT2D eigenvalue weighted by atomic mass is 9.90.